The summed E-state index contributed by atoms with van der Waals surface area (Å²) in [6, 6.07) is 11.0. The quantitative estimate of drug-likeness (QED) is 0.308. The minimum atomic E-state index is 0.0723. The maximum absolute atomic E-state index is 6.01. The number of ether oxygens (including phenoxy) is 1. The van der Waals surface area contributed by atoms with Crippen LogP contribution in [0.3, 0.4) is 0 Å². The van der Waals surface area contributed by atoms with Gasteiger partial charge in [0.2, 0.25) is 17.6 Å². The lowest BCUT2D eigenvalue weighted by Gasteiger charge is -2.37. The van der Waals surface area contributed by atoms with Crippen LogP contribution in [0.2, 0.25) is 0 Å². The number of nitrogens with one attached hydrogen (secondary N) is 2. The van der Waals surface area contributed by atoms with Crippen LogP contribution >= 0.6 is 0 Å². The lowest BCUT2D eigenvalue weighted by Crippen LogP contribution is -2.41. The van der Waals surface area contributed by atoms with Crippen LogP contribution in [0.25, 0.3) is 22.8 Å². The molecule has 3 fully saturated rings. The van der Waals surface area contributed by atoms with Crippen LogP contribution in [0.15, 0.2) is 30.3 Å². The van der Waals surface area contributed by atoms with Gasteiger partial charge in [0.25, 0.3) is 0 Å². The predicted octanol–water partition coefficient (Wildman–Crippen LogP) is 5.01. The normalized spacial score (nSPS) is 24.3. The van der Waals surface area contributed by atoms with Crippen LogP contribution < -0.4 is 10.2 Å². The van der Waals surface area contributed by atoms with Crippen molar-refractivity contribution < 1.29 is 4.74 Å². The third-order valence-corrected chi connectivity index (χ3v) is 9.51. The van der Waals surface area contributed by atoms with Crippen molar-refractivity contribution in [3.8, 4) is 11.6 Å². The number of morpholine rings is 1. The fourth-order valence-corrected chi connectivity index (χ4v) is 6.71. The Bertz CT molecular complexity index is 1440. The smallest absolute Gasteiger partial charge is 0.217 e. The third kappa shape index (κ3) is 5.27. The van der Waals surface area contributed by atoms with Gasteiger partial charge in [-0.3, -0.25) is 0 Å². The van der Waals surface area contributed by atoms with E-state index in [4.69, 9.17) is 19.7 Å². The highest BCUT2D eigenvalue weighted by Crippen LogP contribution is 2.38. The van der Waals surface area contributed by atoms with E-state index in [-0.39, 0.29) is 6.04 Å². The van der Waals surface area contributed by atoms with Gasteiger partial charge in [0.05, 0.1) is 19.3 Å². The second-order valence-corrected chi connectivity index (χ2v) is 12.3. The summed E-state index contributed by atoms with van der Waals surface area (Å²) < 4.78 is 8.42. The molecule has 3 aliphatic rings. The molecule has 2 aliphatic carbocycles. The third-order valence-electron chi connectivity index (χ3n) is 9.51. The maximum atomic E-state index is 6.01. The number of fused-ring (bicyclic) bond motifs is 1. The minimum Gasteiger partial charge on any atom is -0.377 e. The Hall–Kier alpha value is -3.60. The maximum Gasteiger partial charge on any atom is 0.217 e. The number of hydrogen-bond acceptors (Lipinski definition) is 9. The number of benzene rings is 1. The van der Waals surface area contributed by atoms with E-state index in [0.717, 1.165) is 36.3 Å². The van der Waals surface area contributed by atoms with Gasteiger partial charge < -0.3 is 19.5 Å². The lowest BCUT2D eigenvalue weighted by molar-refractivity contribution is 0.0927. The van der Waals surface area contributed by atoms with Gasteiger partial charge in [-0.05, 0) is 66.4 Å². The molecule has 0 amide bonds. The van der Waals surface area contributed by atoms with Gasteiger partial charge in [-0.1, -0.05) is 56.5 Å². The first-order valence-electron chi connectivity index (χ1n) is 15.3. The van der Waals surface area contributed by atoms with Crippen molar-refractivity contribution in [1.82, 2.24) is 40.1 Å². The molecule has 2 saturated carbocycles. The molecule has 0 bridgehead atoms. The summed E-state index contributed by atoms with van der Waals surface area (Å²) in [6.45, 7) is 7.60. The summed E-state index contributed by atoms with van der Waals surface area (Å²) in [5.41, 5.74) is 2.88. The molecule has 2 atom stereocenters. The van der Waals surface area contributed by atoms with Crippen LogP contribution in [-0.2, 0) is 11.3 Å². The SMILES string of the molecule is C[C@@H](Nc1nc(-c2nnn[nH]2)nc2nc(N3CCOC[C@H]3c3ccccc3)n(C[C@H]3CC[C@H](C)CC3)c12)C1CCC1. The molecule has 1 saturated heterocycles. The largest absolute Gasteiger partial charge is 0.377 e. The molecule has 216 valence electrons. The van der Waals surface area contributed by atoms with Gasteiger partial charge in [-0.2, -0.15) is 4.98 Å². The standard InChI is InChI=1S/C30H40N10O/c1-19-11-13-21(14-12-19)17-40-25-26(31-20(2)22-9-6-10-22)32-28(29-35-37-38-36-29)33-27(25)34-30(40)39-15-16-41-18-24(39)23-7-4-3-5-8-23/h3-5,7-8,19-22,24H,6,9-18H2,1-2H3,(H,31,32,33)(H,35,36,37,38)/t19-,20-,21-,24+/m1/s1. The van der Waals surface area contributed by atoms with Crippen molar-refractivity contribution in [2.75, 3.05) is 30.0 Å². The topological polar surface area (TPSA) is 123 Å². The van der Waals surface area contributed by atoms with E-state index in [1.807, 2.05) is 0 Å². The Morgan fingerprint density at radius 3 is 2.61 bits per heavy atom. The number of tetrazole rings is 1. The Balaban J connectivity index is 1.37. The lowest BCUT2D eigenvalue weighted by atomic mass is 9.80. The Morgan fingerprint density at radius 1 is 1.05 bits per heavy atom. The monoisotopic (exact) mass is 556 g/mol. The molecule has 41 heavy (non-hydrogen) atoms. The fourth-order valence-electron chi connectivity index (χ4n) is 6.71. The first-order chi connectivity index (χ1) is 20.1. The van der Waals surface area contributed by atoms with Crippen LogP contribution in [0.5, 0.6) is 0 Å². The minimum absolute atomic E-state index is 0.0723. The van der Waals surface area contributed by atoms with Crippen molar-refractivity contribution >= 4 is 22.9 Å². The predicted molar refractivity (Wildman–Crippen MR) is 157 cm³/mol. The number of H-pyrrole nitrogens is 1. The molecule has 11 heteroatoms. The molecule has 3 aromatic heterocycles. The van der Waals surface area contributed by atoms with Crippen molar-refractivity contribution in [3.63, 3.8) is 0 Å². The second-order valence-electron chi connectivity index (χ2n) is 12.3. The number of hydrogen-bond donors (Lipinski definition) is 2. The highest BCUT2D eigenvalue weighted by atomic mass is 16.5. The van der Waals surface area contributed by atoms with Crippen LogP contribution in [0.4, 0.5) is 11.8 Å². The van der Waals surface area contributed by atoms with Gasteiger partial charge >= 0.3 is 0 Å². The van der Waals surface area contributed by atoms with E-state index in [0.29, 0.717) is 48.4 Å². The number of imidazole rings is 1. The molecule has 1 aromatic carbocycles. The Labute approximate surface area is 240 Å². The van der Waals surface area contributed by atoms with Crippen molar-refractivity contribution in [2.45, 2.75) is 77.4 Å². The molecular weight excluding hydrogens is 516 g/mol. The first-order valence-corrected chi connectivity index (χ1v) is 15.3. The van der Waals surface area contributed by atoms with Gasteiger partial charge in [0.1, 0.15) is 5.52 Å². The zero-order valence-electron chi connectivity index (χ0n) is 24.0. The second kappa shape index (κ2) is 11.3. The molecule has 2 N–H and O–H groups in total. The number of aromatic nitrogens is 8. The molecule has 4 aromatic rings. The summed E-state index contributed by atoms with van der Waals surface area (Å²) in [4.78, 5) is 17.6. The van der Waals surface area contributed by atoms with Gasteiger partial charge in [0.15, 0.2) is 11.5 Å². The van der Waals surface area contributed by atoms with E-state index in [1.54, 1.807) is 0 Å². The molecule has 11 nitrogen and oxygen atoms in total. The Morgan fingerprint density at radius 2 is 1.88 bits per heavy atom. The van der Waals surface area contributed by atoms with E-state index < -0.39 is 0 Å². The molecule has 0 unspecified atom stereocenters. The zero-order chi connectivity index (χ0) is 27.8. The first kappa shape index (κ1) is 26.3. The number of rotatable bonds is 8. The van der Waals surface area contributed by atoms with Crippen LogP contribution in [-0.4, -0.2) is 65.9 Å². The van der Waals surface area contributed by atoms with E-state index in [9.17, 15) is 0 Å². The fraction of sp³-hybridized carbons (Fsp3) is 0.600. The average molecular weight is 557 g/mol. The number of aromatic amines is 1. The molecule has 4 heterocycles. The summed E-state index contributed by atoms with van der Waals surface area (Å²) >= 11 is 0. The van der Waals surface area contributed by atoms with E-state index >= 15 is 0 Å². The van der Waals surface area contributed by atoms with Crippen molar-refractivity contribution in [3.05, 3.63) is 35.9 Å². The molecule has 7 rings (SSSR count). The van der Waals surface area contributed by atoms with E-state index in [2.05, 4.69) is 79.6 Å². The van der Waals surface area contributed by atoms with Crippen LogP contribution in [0.1, 0.15) is 70.4 Å². The molecule has 0 spiro atoms. The molecule has 0 radical (unpaired) electrons. The number of anilines is 2. The van der Waals surface area contributed by atoms with Gasteiger partial charge in [-0.25, -0.2) is 15.1 Å². The highest BCUT2D eigenvalue weighted by molar-refractivity contribution is 5.87. The number of nitrogens with zero attached hydrogens (tertiary/aromatic N) is 8. The van der Waals surface area contributed by atoms with Crippen LogP contribution in [0, 0.1) is 17.8 Å². The van der Waals surface area contributed by atoms with Crippen molar-refractivity contribution in [1.29, 1.82) is 0 Å². The van der Waals surface area contributed by atoms with Crippen molar-refractivity contribution in [2.24, 2.45) is 17.8 Å². The van der Waals surface area contributed by atoms with Gasteiger partial charge in [-0.15, -0.1) is 5.10 Å². The van der Waals surface area contributed by atoms with E-state index in [1.165, 1.54) is 50.5 Å². The molecular formula is C30H40N10O. The zero-order valence-corrected chi connectivity index (χ0v) is 24.0. The Kier molecular flexibility index (Phi) is 7.28. The summed E-state index contributed by atoms with van der Waals surface area (Å²) in [6.07, 6.45) is 8.81. The summed E-state index contributed by atoms with van der Waals surface area (Å²) in [7, 11) is 0. The molecule has 1 aliphatic heterocycles. The van der Waals surface area contributed by atoms with Gasteiger partial charge in [0, 0.05) is 19.1 Å². The summed E-state index contributed by atoms with van der Waals surface area (Å²) in [5, 5.41) is 18.3. The highest BCUT2D eigenvalue weighted by Gasteiger charge is 2.33. The summed E-state index contributed by atoms with van der Waals surface area (Å²) in [5.74, 6) is 4.69. The average Bonchev–Trinajstić information content (AvgIpc) is 3.63.